The Morgan fingerprint density at radius 2 is 1.91 bits per heavy atom. The summed E-state index contributed by atoms with van der Waals surface area (Å²) in [5.41, 5.74) is -0.376. The first-order valence-electron chi connectivity index (χ1n) is 7.01. The fourth-order valence-electron chi connectivity index (χ4n) is 2.08. The first kappa shape index (κ1) is 16.0. The number of rotatable bonds is 5. The zero-order valence-electron chi connectivity index (χ0n) is 13.0. The standard InChI is InChI=1S/C17H20N2O3/c1-17(2,21)12-19(3)16(20)13-6-8-14(9-7-13)22-15-5-4-10-18-11-15/h4-11,21H,12H2,1-3H3. The van der Waals surface area contributed by atoms with E-state index >= 15 is 0 Å². The summed E-state index contributed by atoms with van der Waals surface area (Å²) < 4.78 is 5.63. The Labute approximate surface area is 130 Å². The van der Waals surface area contributed by atoms with Crippen molar-refractivity contribution in [3.8, 4) is 11.5 Å². The Morgan fingerprint density at radius 1 is 1.23 bits per heavy atom. The summed E-state index contributed by atoms with van der Waals surface area (Å²) in [6.45, 7) is 3.60. The highest BCUT2D eigenvalue weighted by atomic mass is 16.5. The van der Waals surface area contributed by atoms with Crippen LogP contribution in [0, 0.1) is 0 Å². The fraction of sp³-hybridized carbons (Fsp3) is 0.294. The Kier molecular flexibility index (Phi) is 4.78. The van der Waals surface area contributed by atoms with Gasteiger partial charge in [-0.15, -0.1) is 0 Å². The topological polar surface area (TPSA) is 62.7 Å². The molecule has 5 nitrogen and oxygen atoms in total. The van der Waals surface area contributed by atoms with Gasteiger partial charge in [-0.2, -0.15) is 0 Å². The molecule has 0 bridgehead atoms. The Hall–Kier alpha value is -2.40. The van der Waals surface area contributed by atoms with Crippen molar-refractivity contribution < 1.29 is 14.6 Å². The first-order chi connectivity index (χ1) is 10.3. The van der Waals surface area contributed by atoms with Crippen molar-refractivity contribution in [3.05, 3.63) is 54.4 Å². The van der Waals surface area contributed by atoms with Crippen LogP contribution in [0.4, 0.5) is 0 Å². The number of nitrogens with zero attached hydrogens (tertiary/aromatic N) is 2. The van der Waals surface area contributed by atoms with Crippen molar-refractivity contribution in [1.29, 1.82) is 0 Å². The van der Waals surface area contributed by atoms with Crippen LogP contribution in [0.5, 0.6) is 11.5 Å². The average Bonchev–Trinajstić information content (AvgIpc) is 2.46. The van der Waals surface area contributed by atoms with E-state index in [1.54, 1.807) is 63.6 Å². The number of likely N-dealkylation sites (N-methyl/N-ethyl adjacent to an activating group) is 1. The van der Waals surface area contributed by atoms with Crippen LogP contribution in [0.3, 0.4) is 0 Å². The molecule has 0 radical (unpaired) electrons. The number of aromatic nitrogens is 1. The summed E-state index contributed by atoms with van der Waals surface area (Å²) in [6, 6.07) is 10.5. The number of amides is 1. The first-order valence-corrected chi connectivity index (χ1v) is 7.01. The maximum Gasteiger partial charge on any atom is 0.253 e. The number of ether oxygens (including phenoxy) is 1. The monoisotopic (exact) mass is 300 g/mol. The summed E-state index contributed by atoms with van der Waals surface area (Å²) in [6.07, 6.45) is 3.29. The second-order valence-electron chi connectivity index (χ2n) is 5.79. The summed E-state index contributed by atoms with van der Waals surface area (Å²) >= 11 is 0. The van der Waals surface area contributed by atoms with Crippen molar-refractivity contribution in [2.75, 3.05) is 13.6 Å². The smallest absolute Gasteiger partial charge is 0.253 e. The van der Waals surface area contributed by atoms with E-state index in [1.807, 2.05) is 6.07 Å². The minimum absolute atomic E-state index is 0.143. The van der Waals surface area contributed by atoms with Gasteiger partial charge in [-0.25, -0.2) is 0 Å². The van der Waals surface area contributed by atoms with Gasteiger partial charge in [0.15, 0.2) is 0 Å². The minimum atomic E-state index is -0.923. The molecule has 0 aliphatic rings. The Balaban J connectivity index is 2.04. The van der Waals surface area contributed by atoms with Gasteiger partial charge in [0.05, 0.1) is 11.8 Å². The lowest BCUT2D eigenvalue weighted by Crippen LogP contribution is -2.39. The van der Waals surface area contributed by atoms with Gasteiger partial charge < -0.3 is 14.7 Å². The van der Waals surface area contributed by atoms with E-state index < -0.39 is 5.60 Å². The van der Waals surface area contributed by atoms with Crippen molar-refractivity contribution >= 4 is 5.91 Å². The molecule has 0 spiro atoms. The van der Waals surface area contributed by atoms with E-state index in [-0.39, 0.29) is 12.5 Å². The van der Waals surface area contributed by atoms with E-state index in [1.165, 1.54) is 4.90 Å². The van der Waals surface area contributed by atoms with Gasteiger partial charge in [0.25, 0.3) is 5.91 Å². The van der Waals surface area contributed by atoms with Crippen LogP contribution < -0.4 is 4.74 Å². The summed E-state index contributed by atoms with van der Waals surface area (Å²) in [5, 5.41) is 9.77. The molecule has 1 N–H and O–H groups in total. The van der Waals surface area contributed by atoms with Gasteiger partial charge in [-0.3, -0.25) is 9.78 Å². The van der Waals surface area contributed by atoms with Crippen molar-refractivity contribution in [3.63, 3.8) is 0 Å². The van der Waals surface area contributed by atoms with Crippen molar-refractivity contribution in [2.45, 2.75) is 19.4 Å². The summed E-state index contributed by atoms with van der Waals surface area (Å²) in [7, 11) is 1.67. The molecular weight excluding hydrogens is 280 g/mol. The van der Waals surface area contributed by atoms with E-state index in [9.17, 15) is 9.90 Å². The lowest BCUT2D eigenvalue weighted by atomic mass is 10.1. The van der Waals surface area contributed by atoms with Gasteiger partial charge in [0, 0.05) is 25.4 Å². The molecular formula is C17H20N2O3. The summed E-state index contributed by atoms with van der Waals surface area (Å²) in [4.78, 5) is 17.7. The third kappa shape index (κ3) is 4.56. The van der Waals surface area contributed by atoms with Crippen LogP contribution in [0.15, 0.2) is 48.8 Å². The Morgan fingerprint density at radius 3 is 2.45 bits per heavy atom. The highest BCUT2D eigenvalue weighted by molar-refractivity contribution is 5.94. The van der Waals surface area contributed by atoms with Crippen LogP contribution in [-0.4, -0.2) is 40.1 Å². The number of pyridine rings is 1. The molecule has 22 heavy (non-hydrogen) atoms. The normalized spacial score (nSPS) is 11.1. The van der Waals surface area contributed by atoms with E-state index in [0.717, 1.165) is 0 Å². The van der Waals surface area contributed by atoms with Gasteiger partial charge >= 0.3 is 0 Å². The predicted molar refractivity (Wildman–Crippen MR) is 84.0 cm³/mol. The number of carbonyl (C=O) groups excluding carboxylic acids is 1. The molecule has 1 amide bonds. The lowest BCUT2D eigenvalue weighted by molar-refractivity contribution is 0.0368. The zero-order chi connectivity index (χ0) is 16.2. The van der Waals surface area contributed by atoms with E-state index in [4.69, 9.17) is 4.74 Å². The van der Waals surface area contributed by atoms with Crippen LogP contribution in [-0.2, 0) is 0 Å². The summed E-state index contributed by atoms with van der Waals surface area (Å²) in [5.74, 6) is 1.13. The molecule has 0 atom stereocenters. The fourth-order valence-corrected chi connectivity index (χ4v) is 2.08. The van der Waals surface area contributed by atoms with Crippen LogP contribution in [0.25, 0.3) is 0 Å². The largest absolute Gasteiger partial charge is 0.456 e. The molecule has 0 fully saturated rings. The molecule has 0 aliphatic carbocycles. The molecule has 0 saturated heterocycles. The zero-order valence-corrected chi connectivity index (χ0v) is 13.0. The molecule has 116 valence electrons. The van der Waals surface area contributed by atoms with Gasteiger partial charge in [-0.05, 0) is 50.2 Å². The second kappa shape index (κ2) is 6.58. The molecule has 2 rings (SSSR count). The molecule has 0 unspecified atom stereocenters. The third-order valence-electron chi connectivity index (χ3n) is 2.94. The van der Waals surface area contributed by atoms with Crippen LogP contribution in [0.1, 0.15) is 24.2 Å². The van der Waals surface area contributed by atoms with Crippen LogP contribution in [0.2, 0.25) is 0 Å². The maximum absolute atomic E-state index is 12.3. The second-order valence-corrected chi connectivity index (χ2v) is 5.79. The molecule has 0 saturated carbocycles. The predicted octanol–water partition coefficient (Wildman–Crippen LogP) is 2.72. The molecule has 5 heteroatoms. The minimum Gasteiger partial charge on any atom is -0.456 e. The highest BCUT2D eigenvalue weighted by Gasteiger charge is 2.20. The maximum atomic E-state index is 12.3. The molecule has 1 aromatic heterocycles. The quantitative estimate of drug-likeness (QED) is 0.922. The van der Waals surface area contributed by atoms with E-state index in [2.05, 4.69) is 4.98 Å². The van der Waals surface area contributed by atoms with Gasteiger partial charge in [-0.1, -0.05) is 0 Å². The lowest BCUT2D eigenvalue weighted by Gasteiger charge is -2.25. The SMILES string of the molecule is CN(CC(C)(C)O)C(=O)c1ccc(Oc2cccnc2)cc1. The molecule has 1 aromatic carbocycles. The number of hydrogen-bond acceptors (Lipinski definition) is 4. The number of carbonyl (C=O) groups is 1. The highest BCUT2D eigenvalue weighted by Crippen LogP contribution is 2.21. The van der Waals surface area contributed by atoms with Crippen molar-refractivity contribution in [1.82, 2.24) is 9.88 Å². The van der Waals surface area contributed by atoms with Gasteiger partial charge in [0.2, 0.25) is 0 Å². The third-order valence-corrected chi connectivity index (χ3v) is 2.94. The number of benzene rings is 1. The van der Waals surface area contributed by atoms with Crippen molar-refractivity contribution in [2.24, 2.45) is 0 Å². The Bertz CT molecular complexity index is 619. The molecule has 0 aliphatic heterocycles. The molecule has 2 aromatic rings. The molecule has 1 heterocycles. The number of aliphatic hydroxyl groups is 1. The number of hydrogen-bond donors (Lipinski definition) is 1. The van der Waals surface area contributed by atoms with Crippen LogP contribution >= 0.6 is 0 Å². The van der Waals surface area contributed by atoms with Gasteiger partial charge in [0.1, 0.15) is 11.5 Å². The van der Waals surface area contributed by atoms with E-state index in [0.29, 0.717) is 17.1 Å². The average molecular weight is 300 g/mol.